The molecule has 3 aliphatic rings. The van der Waals surface area contributed by atoms with Gasteiger partial charge in [0.1, 0.15) is 6.54 Å². The van der Waals surface area contributed by atoms with Crippen LogP contribution in [0.5, 0.6) is 0 Å². The number of fused-ring (bicyclic) bond motifs is 2. The molecule has 4 rings (SSSR count). The second-order valence-electron chi connectivity index (χ2n) is 9.90. The van der Waals surface area contributed by atoms with Crippen LogP contribution in [-0.4, -0.2) is 49.9 Å². The number of rotatable bonds is 5. The second-order valence-corrected chi connectivity index (χ2v) is 9.90. The fraction of sp³-hybridized carbons (Fsp3) is 0.727. The normalized spacial score (nSPS) is 28.2. The Morgan fingerprint density at radius 2 is 1.83 bits per heavy atom. The SMILES string of the molecule is Cc1nn(C)c(C)c1CN(C(=O)CN1C(=O)[C@H]2CC[C@](C)(C1=O)C2(C)C)C1CC1. The summed E-state index contributed by atoms with van der Waals surface area (Å²) in [7, 11) is 1.90. The van der Waals surface area contributed by atoms with Crippen LogP contribution in [0.3, 0.4) is 0 Å². The van der Waals surface area contributed by atoms with Crippen molar-refractivity contribution in [1.29, 1.82) is 0 Å². The van der Waals surface area contributed by atoms with Gasteiger partial charge >= 0.3 is 0 Å². The third-order valence-corrected chi connectivity index (χ3v) is 8.10. The summed E-state index contributed by atoms with van der Waals surface area (Å²) in [5.74, 6) is -0.679. The van der Waals surface area contributed by atoms with Crippen LogP contribution in [-0.2, 0) is 28.0 Å². The number of carbonyl (C=O) groups is 3. The Bertz CT molecular complexity index is 898. The number of nitrogens with zero attached hydrogens (tertiary/aromatic N) is 4. The van der Waals surface area contributed by atoms with Crippen molar-refractivity contribution in [2.45, 2.75) is 72.9 Å². The molecular formula is C22H32N4O3. The lowest BCUT2D eigenvalue weighted by atomic mass is 9.62. The largest absolute Gasteiger partial charge is 0.334 e. The van der Waals surface area contributed by atoms with Crippen LogP contribution in [0.25, 0.3) is 0 Å². The first-order chi connectivity index (χ1) is 13.5. The Morgan fingerprint density at radius 3 is 2.38 bits per heavy atom. The average molecular weight is 401 g/mol. The molecule has 0 aromatic carbocycles. The van der Waals surface area contributed by atoms with Gasteiger partial charge in [-0.15, -0.1) is 0 Å². The molecule has 7 heteroatoms. The van der Waals surface area contributed by atoms with E-state index in [1.165, 1.54) is 4.90 Å². The molecule has 2 aliphatic carbocycles. The minimum Gasteiger partial charge on any atom is -0.334 e. The van der Waals surface area contributed by atoms with Gasteiger partial charge in [-0.05, 0) is 44.9 Å². The summed E-state index contributed by atoms with van der Waals surface area (Å²) >= 11 is 0. The number of piperidine rings is 1. The minimum atomic E-state index is -0.577. The number of hydrogen-bond acceptors (Lipinski definition) is 4. The fourth-order valence-corrected chi connectivity index (χ4v) is 5.30. The molecule has 0 N–H and O–H groups in total. The number of aryl methyl sites for hydroxylation is 2. The first kappa shape index (κ1) is 20.1. The minimum absolute atomic E-state index is 0.139. The Morgan fingerprint density at radius 1 is 1.17 bits per heavy atom. The van der Waals surface area contributed by atoms with Gasteiger partial charge in [0, 0.05) is 36.8 Å². The van der Waals surface area contributed by atoms with Gasteiger partial charge in [-0.2, -0.15) is 5.10 Å². The molecule has 1 aliphatic heterocycles. The molecule has 0 spiro atoms. The highest BCUT2D eigenvalue weighted by Crippen LogP contribution is 2.60. The van der Waals surface area contributed by atoms with Gasteiger partial charge in [-0.1, -0.05) is 20.8 Å². The summed E-state index contributed by atoms with van der Waals surface area (Å²) in [4.78, 5) is 42.7. The molecule has 7 nitrogen and oxygen atoms in total. The van der Waals surface area contributed by atoms with Crippen LogP contribution in [0.2, 0.25) is 0 Å². The molecule has 1 aromatic heterocycles. The number of carbonyl (C=O) groups excluding carboxylic acids is 3. The van der Waals surface area contributed by atoms with E-state index in [0.717, 1.165) is 36.2 Å². The van der Waals surface area contributed by atoms with Crippen molar-refractivity contribution in [3.05, 3.63) is 17.0 Å². The van der Waals surface area contributed by atoms with Crippen molar-refractivity contribution < 1.29 is 14.4 Å². The van der Waals surface area contributed by atoms with Gasteiger partial charge < -0.3 is 4.90 Å². The van der Waals surface area contributed by atoms with Crippen LogP contribution in [0.1, 0.15) is 63.4 Å². The molecule has 2 heterocycles. The van der Waals surface area contributed by atoms with Crippen LogP contribution >= 0.6 is 0 Å². The highest BCUT2D eigenvalue weighted by Gasteiger charge is 2.64. The molecular weight excluding hydrogens is 368 g/mol. The van der Waals surface area contributed by atoms with Gasteiger partial charge in [-0.25, -0.2) is 0 Å². The van der Waals surface area contributed by atoms with E-state index >= 15 is 0 Å². The number of likely N-dealkylation sites (tertiary alicyclic amines) is 1. The highest BCUT2D eigenvalue weighted by atomic mass is 16.2. The molecule has 0 unspecified atom stereocenters. The Balaban J connectivity index is 1.56. The Labute approximate surface area is 172 Å². The van der Waals surface area contributed by atoms with Crippen molar-refractivity contribution in [2.75, 3.05) is 6.54 Å². The third-order valence-electron chi connectivity index (χ3n) is 8.10. The summed E-state index contributed by atoms with van der Waals surface area (Å²) in [6.45, 7) is 10.3. The third kappa shape index (κ3) is 2.84. The van der Waals surface area contributed by atoms with Crippen LogP contribution in [0, 0.1) is 30.6 Å². The Kier molecular flexibility index (Phi) is 4.44. The van der Waals surface area contributed by atoms with Crippen LogP contribution in [0.4, 0.5) is 0 Å². The molecule has 0 radical (unpaired) electrons. The molecule has 29 heavy (non-hydrogen) atoms. The fourth-order valence-electron chi connectivity index (χ4n) is 5.30. The van der Waals surface area contributed by atoms with Crippen molar-refractivity contribution in [3.63, 3.8) is 0 Å². The van der Waals surface area contributed by atoms with E-state index in [9.17, 15) is 14.4 Å². The summed E-state index contributed by atoms with van der Waals surface area (Å²) in [6.07, 6.45) is 3.37. The van der Waals surface area contributed by atoms with Crippen molar-refractivity contribution >= 4 is 17.7 Å². The van der Waals surface area contributed by atoms with E-state index in [1.54, 1.807) is 0 Å². The first-order valence-electron chi connectivity index (χ1n) is 10.6. The van der Waals surface area contributed by atoms with Gasteiger partial charge in [0.05, 0.1) is 11.1 Å². The molecule has 1 saturated heterocycles. The Hall–Kier alpha value is -2.18. The maximum atomic E-state index is 13.3. The lowest BCUT2D eigenvalue weighted by Gasteiger charge is -2.47. The standard InChI is InChI=1S/C22H32N4O3/c1-13-16(14(2)24(6)23-13)11-25(15-7-8-15)18(27)12-26-19(28)17-9-10-22(5,20(26)29)21(17,3)4/h15,17H,7-12H2,1-6H3/t17-,22-/m1/s1. The van der Waals surface area contributed by atoms with E-state index in [1.807, 2.05) is 51.2 Å². The first-order valence-corrected chi connectivity index (χ1v) is 10.6. The van der Waals surface area contributed by atoms with Crippen molar-refractivity contribution in [2.24, 2.45) is 23.8 Å². The van der Waals surface area contributed by atoms with Gasteiger partial charge in [0.25, 0.3) is 0 Å². The van der Waals surface area contributed by atoms with Gasteiger partial charge in [0.15, 0.2) is 0 Å². The van der Waals surface area contributed by atoms with Crippen LogP contribution in [0.15, 0.2) is 0 Å². The molecule has 2 saturated carbocycles. The summed E-state index contributed by atoms with van der Waals surface area (Å²) in [5.41, 5.74) is 2.07. The number of aromatic nitrogens is 2. The smallest absolute Gasteiger partial charge is 0.243 e. The predicted molar refractivity (Wildman–Crippen MR) is 108 cm³/mol. The molecule has 158 valence electrons. The van der Waals surface area contributed by atoms with E-state index in [2.05, 4.69) is 5.10 Å². The zero-order valence-corrected chi connectivity index (χ0v) is 18.4. The zero-order chi connectivity index (χ0) is 21.3. The highest BCUT2D eigenvalue weighted by molar-refractivity contribution is 6.06. The monoisotopic (exact) mass is 400 g/mol. The van der Waals surface area contributed by atoms with Crippen molar-refractivity contribution in [3.8, 4) is 0 Å². The van der Waals surface area contributed by atoms with Gasteiger partial charge in [-0.3, -0.25) is 24.0 Å². The maximum Gasteiger partial charge on any atom is 0.243 e. The topological polar surface area (TPSA) is 75.5 Å². The zero-order valence-electron chi connectivity index (χ0n) is 18.4. The van der Waals surface area contributed by atoms with E-state index in [4.69, 9.17) is 0 Å². The molecule has 3 amide bonds. The average Bonchev–Trinajstić information content (AvgIpc) is 3.41. The second kappa shape index (κ2) is 6.41. The molecule has 3 fully saturated rings. The molecule has 1 aromatic rings. The predicted octanol–water partition coefficient (Wildman–Crippen LogP) is 2.34. The summed E-state index contributed by atoms with van der Waals surface area (Å²) in [6, 6.07) is 0.195. The summed E-state index contributed by atoms with van der Waals surface area (Å²) in [5, 5.41) is 4.46. The van der Waals surface area contributed by atoms with E-state index < -0.39 is 5.41 Å². The maximum absolute atomic E-state index is 13.3. The van der Waals surface area contributed by atoms with E-state index in [-0.39, 0.29) is 41.6 Å². The van der Waals surface area contributed by atoms with Crippen molar-refractivity contribution in [1.82, 2.24) is 19.6 Å². The number of amides is 3. The lowest BCUT2D eigenvalue weighted by Crippen LogP contribution is -2.60. The number of imide groups is 1. The summed E-state index contributed by atoms with van der Waals surface area (Å²) < 4.78 is 1.83. The quantitative estimate of drug-likeness (QED) is 0.711. The van der Waals surface area contributed by atoms with Crippen LogP contribution < -0.4 is 0 Å². The lowest BCUT2D eigenvalue weighted by molar-refractivity contribution is -0.170. The molecule has 2 bridgehead atoms. The van der Waals surface area contributed by atoms with E-state index in [0.29, 0.717) is 13.0 Å². The molecule has 2 atom stereocenters. The number of hydrogen-bond donors (Lipinski definition) is 0. The van der Waals surface area contributed by atoms with Gasteiger partial charge in [0.2, 0.25) is 17.7 Å².